The van der Waals surface area contributed by atoms with Crippen LogP contribution < -0.4 is 0 Å². The zero-order chi connectivity index (χ0) is 11.3. The molecule has 1 saturated carbocycles. The van der Waals surface area contributed by atoms with E-state index in [9.17, 15) is 4.79 Å². The number of ketones is 1. The number of carbonyl (C=O) groups excluding carboxylic acids is 1. The Labute approximate surface area is 94.6 Å². The van der Waals surface area contributed by atoms with Gasteiger partial charge in [-0.15, -0.1) is 0 Å². The molecular weight excluding hydrogens is 184 g/mol. The molecule has 0 aromatic rings. The van der Waals surface area contributed by atoms with Crippen LogP contribution in [0, 0.1) is 17.8 Å². The summed E-state index contributed by atoms with van der Waals surface area (Å²) in [5.41, 5.74) is 0. The Kier molecular flexibility index (Phi) is 5.35. The molecule has 0 N–H and O–H groups in total. The molecule has 0 radical (unpaired) electrons. The molecular formula is C14H26O. The van der Waals surface area contributed by atoms with Crippen molar-refractivity contribution in [1.29, 1.82) is 0 Å². The Morgan fingerprint density at radius 2 is 1.67 bits per heavy atom. The number of hydrogen-bond donors (Lipinski definition) is 0. The molecule has 0 aromatic heterocycles. The first kappa shape index (κ1) is 12.7. The molecule has 0 unspecified atom stereocenters. The number of Topliss-reactive ketones (excluding diaryl/α,β-unsaturated/α-hetero) is 1. The van der Waals surface area contributed by atoms with Gasteiger partial charge in [-0.3, -0.25) is 4.79 Å². The van der Waals surface area contributed by atoms with E-state index in [2.05, 4.69) is 6.92 Å². The van der Waals surface area contributed by atoms with Crippen molar-refractivity contribution in [1.82, 2.24) is 0 Å². The van der Waals surface area contributed by atoms with Gasteiger partial charge in [-0.2, -0.15) is 0 Å². The first-order valence-electron chi connectivity index (χ1n) is 6.66. The third-order valence-corrected chi connectivity index (χ3v) is 3.80. The molecule has 0 atom stereocenters. The lowest BCUT2D eigenvalue weighted by Crippen LogP contribution is -2.19. The van der Waals surface area contributed by atoms with Crippen LogP contribution in [0.15, 0.2) is 0 Å². The normalized spacial score (nSPS) is 26.9. The highest BCUT2D eigenvalue weighted by Crippen LogP contribution is 2.33. The van der Waals surface area contributed by atoms with Crippen LogP contribution in [0.3, 0.4) is 0 Å². The number of rotatable bonds is 5. The van der Waals surface area contributed by atoms with Crippen molar-refractivity contribution in [3.8, 4) is 0 Å². The van der Waals surface area contributed by atoms with Crippen LogP contribution in [0.5, 0.6) is 0 Å². The summed E-state index contributed by atoms with van der Waals surface area (Å²) >= 11 is 0. The van der Waals surface area contributed by atoms with E-state index in [0.29, 0.717) is 11.7 Å². The third-order valence-electron chi connectivity index (χ3n) is 3.80. The zero-order valence-corrected chi connectivity index (χ0v) is 10.6. The predicted molar refractivity (Wildman–Crippen MR) is 64.8 cm³/mol. The van der Waals surface area contributed by atoms with Crippen LogP contribution in [0.1, 0.15) is 65.7 Å². The van der Waals surface area contributed by atoms with Crippen LogP contribution in [-0.2, 0) is 4.79 Å². The van der Waals surface area contributed by atoms with E-state index < -0.39 is 0 Å². The fraction of sp³-hybridized carbons (Fsp3) is 0.929. The Hall–Kier alpha value is -0.330. The molecule has 0 saturated heterocycles. The van der Waals surface area contributed by atoms with E-state index >= 15 is 0 Å². The fourth-order valence-electron chi connectivity index (χ4n) is 2.65. The van der Waals surface area contributed by atoms with Gasteiger partial charge in [0.25, 0.3) is 0 Å². The standard InChI is InChI=1S/C14H26O/c1-4-5-12-6-8-13(9-7-12)10-14(15)11(2)3/h11-13H,4-10H2,1-3H3/t12-,13-. The monoisotopic (exact) mass is 210 g/mol. The minimum absolute atomic E-state index is 0.235. The molecule has 15 heavy (non-hydrogen) atoms. The molecule has 88 valence electrons. The summed E-state index contributed by atoms with van der Waals surface area (Å²) in [5.74, 6) is 2.36. The number of hydrogen-bond acceptors (Lipinski definition) is 1. The first-order chi connectivity index (χ1) is 7.13. The van der Waals surface area contributed by atoms with Crippen LogP contribution >= 0.6 is 0 Å². The van der Waals surface area contributed by atoms with Crippen molar-refractivity contribution in [2.45, 2.75) is 65.7 Å². The van der Waals surface area contributed by atoms with E-state index in [1.165, 1.54) is 38.5 Å². The first-order valence-corrected chi connectivity index (χ1v) is 6.66. The largest absolute Gasteiger partial charge is 0.299 e. The van der Waals surface area contributed by atoms with Gasteiger partial charge in [-0.05, 0) is 24.7 Å². The van der Waals surface area contributed by atoms with Crippen molar-refractivity contribution < 1.29 is 4.79 Å². The molecule has 0 bridgehead atoms. The highest BCUT2D eigenvalue weighted by Gasteiger charge is 2.23. The molecule has 1 rings (SSSR count). The van der Waals surface area contributed by atoms with Gasteiger partial charge in [0.1, 0.15) is 5.78 Å². The highest BCUT2D eigenvalue weighted by atomic mass is 16.1. The minimum Gasteiger partial charge on any atom is -0.299 e. The van der Waals surface area contributed by atoms with Crippen LogP contribution in [-0.4, -0.2) is 5.78 Å². The Morgan fingerprint density at radius 3 is 2.13 bits per heavy atom. The maximum absolute atomic E-state index is 11.6. The summed E-state index contributed by atoms with van der Waals surface area (Å²) in [7, 11) is 0. The second kappa shape index (κ2) is 6.30. The predicted octanol–water partition coefficient (Wildman–Crippen LogP) is 4.21. The molecule has 1 aliphatic carbocycles. The smallest absolute Gasteiger partial charge is 0.135 e. The summed E-state index contributed by atoms with van der Waals surface area (Å²) in [6.45, 7) is 6.31. The second-order valence-electron chi connectivity index (χ2n) is 5.50. The SMILES string of the molecule is CCC[C@H]1CC[C@H](CC(=O)C(C)C)CC1. The Bertz CT molecular complexity index is 188. The Morgan fingerprint density at radius 1 is 1.13 bits per heavy atom. The summed E-state index contributed by atoms with van der Waals surface area (Å²) in [5, 5.41) is 0. The lowest BCUT2D eigenvalue weighted by Gasteiger charge is -2.28. The van der Waals surface area contributed by atoms with Gasteiger partial charge in [-0.1, -0.05) is 46.5 Å². The summed E-state index contributed by atoms with van der Waals surface area (Å²) in [6, 6.07) is 0. The average molecular weight is 210 g/mol. The highest BCUT2D eigenvalue weighted by molar-refractivity contribution is 5.80. The van der Waals surface area contributed by atoms with Crippen molar-refractivity contribution in [3.05, 3.63) is 0 Å². The van der Waals surface area contributed by atoms with Gasteiger partial charge in [-0.25, -0.2) is 0 Å². The van der Waals surface area contributed by atoms with E-state index in [0.717, 1.165) is 12.3 Å². The van der Waals surface area contributed by atoms with Crippen molar-refractivity contribution in [2.75, 3.05) is 0 Å². The van der Waals surface area contributed by atoms with E-state index in [4.69, 9.17) is 0 Å². The van der Waals surface area contributed by atoms with Gasteiger partial charge in [0.15, 0.2) is 0 Å². The maximum atomic E-state index is 11.6. The third kappa shape index (κ3) is 4.36. The summed E-state index contributed by atoms with van der Waals surface area (Å²) in [4.78, 5) is 11.6. The average Bonchev–Trinajstić information content (AvgIpc) is 2.21. The van der Waals surface area contributed by atoms with E-state index in [1.54, 1.807) is 0 Å². The van der Waals surface area contributed by atoms with E-state index in [-0.39, 0.29) is 5.92 Å². The van der Waals surface area contributed by atoms with Gasteiger partial charge in [0.05, 0.1) is 0 Å². The molecule has 0 aliphatic heterocycles. The van der Waals surface area contributed by atoms with Gasteiger partial charge in [0.2, 0.25) is 0 Å². The van der Waals surface area contributed by atoms with Crippen molar-refractivity contribution >= 4 is 5.78 Å². The van der Waals surface area contributed by atoms with Crippen molar-refractivity contribution in [3.63, 3.8) is 0 Å². The minimum atomic E-state index is 0.235. The maximum Gasteiger partial charge on any atom is 0.135 e. The van der Waals surface area contributed by atoms with E-state index in [1.807, 2.05) is 13.8 Å². The molecule has 1 nitrogen and oxygen atoms in total. The molecule has 0 amide bonds. The van der Waals surface area contributed by atoms with Gasteiger partial charge >= 0.3 is 0 Å². The molecule has 0 heterocycles. The molecule has 0 spiro atoms. The summed E-state index contributed by atoms with van der Waals surface area (Å²) in [6.07, 6.45) is 8.88. The Balaban J connectivity index is 2.22. The van der Waals surface area contributed by atoms with Crippen LogP contribution in [0.4, 0.5) is 0 Å². The summed E-state index contributed by atoms with van der Waals surface area (Å²) < 4.78 is 0. The molecule has 1 fully saturated rings. The topological polar surface area (TPSA) is 17.1 Å². The number of carbonyl (C=O) groups is 1. The fourth-order valence-corrected chi connectivity index (χ4v) is 2.65. The van der Waals surface area contributed by atoms with Gasteiger partial charge in [0, 0.05) is 12.3 Å². The quantitative estimate of drug-likeness (QED) is 0.664. The zero-order valence-electron chi connectivity index (χ0n) is 10.6. The van der Waals surface area contributed by atoms with Crippen molar-refractivity contribution in [2.24, 2.45) is 17.8 Å². The molecule has 1 heteroatoms. The van der Waals surface area contributed by atoms with Crippen LogP contribution in [0.25, 0.3) is 0 Å². The van der Waals surface area contributed by atoms with Gasteiger partial charge < -0.3 is 0 Å². The molecule has 0 aromatic carbocycles. The van der Waals surface area contributed by atoms with Crippen LogP contribution in [0.2, 0.25) is 0 Å². The lowest BCUT2D eigenvalue weighted by atomic mass is 9.77. The molecule has 1 aliphatic rings. The second-order valence-corrected chi connectivity index (χ2v) is 5.50. The lowest BCUT2D eigenvalue weighted by molar-refractivity contribution is -0.123.